The van der Waals surface area contributed by atoms with Crippen LogP contribution in [0.15, 0.2) is 18.7 Å². The topological polar surface area (TPSA) is 58.9 Å². The van der Waals surface area contributed by atoms with Gasteiger partial charge in [0.15, 0.2) is 0 Å². The highest BCUT2D eigenvalue weighted by Crippen LogP contribution is 2.26. The third-order valence-electron chi connectivity index (χ3n) is 4.99. The molecule has 1 aliphatic carbocycles. The Bertz CT molecular complexity index is 675. The van der Waals surface area contributed by atoms with Crippen LogP contribution in [0.2, 0.25) is 0 Å². The summed E-state index contributed by atoms with van der Waals surface area (Å²) in [5.41, 5.74) is 3.82. The van der Waals surface area contributed by atoms with Crippen molar-refractivity contribution in [2.75, 3.05) is 18.4 Å². The normalized spacial score (nSPS) is 19.0. The summed E-state index contributed by atoms with van der Waals surface area (Å²) in [5, 5.41) is 7.88. The summed E-state index contributed by atoms with van der Waals surface area (Å²) >= 11 is 0. The number of rotatable bonds is 4. The molecule has 0 radical (unpaired) electrons. The highest BCUT2D eigenvalue weighted by atomic mass is 15.2. The largest absolute Gasteiger partial charge is 0.367 e. The lowest BCUT2D eigenvalue weighted by Gasteiger charge is -2.28. The summed E-state index contributed by atoms with van der Waals surface area (Å²) in [6, 6.07) is 0.615. The van der Waals surface area contributed by atoms with Gasteiger partial charge in [0.1, 0.15) is 12.1 Å². The molecule has 0 amide bonds. The van der Waals surface area contributed by atoms with Gasteiger partial charge in [-0.15, -0.1) is 0 Å². The first-order valence-electron chi connectivity index (χ1n) is 8.57. The summed E-state index contributed by atoms with van der Waals surface area (Å²) in [6.07, 6.45) is 11.7. The lowest BCUT2D eigenvalue weighted by Crippen LogP contribution is -2.28. The summed E-state index contributed by atoms with van der Waals surface area (Å²) in [4.78, 5) is 11.5. The molecule has 6 heteroatoms. The first kappa shape index (κ1) is 14.6. The molecule has 2 aliphatic rings. The van der Waals surface area contributed by atoms with Gasteiger partial charge in [-0.2, -0.15) is 5.10 Å². The van der Waals surface area contributed by atoms with Gasteiger partial charge in [-0.1, -0.05) is 0 Å². The molecule has 1 aliphatic heterocycles. The molecular formula is C17H24N6. The van der Waals surface area contributed by atoms with Crippen molar-refractivity contribution < 1.29 is 0 Å². The number of hydrogen-bond donors (Lipinski definition) is 1. The van der Waals surface area contributed by atoms with Crippen LogP contribution >= 0.6 is 0 Å². The zero-order valence-electron chi connectivity index (χ0n) is 13.7. The number of fused-ring (bicyclic) bond motifs is 1. The van der Waals surface area contributed by atoms with Crippen molar-refractivity contribution in [2.24, 2.45) is 7.05 Å². The number of hydrogen-bond acceptors (Lipinski definition) is 5. The standard InChI is InChI=1S/C17H24N6/c1-22-10-13(9-20-22)11-23-7-5-15-16(6-8-23)18-12-19-17(15)21-14-3-2-4-14/h9-10,12,14H,2-8,11H2,1H3,(H,18,19,21). The van der Waals surface area contributed by atoms with E-state index >= 15 is 0 Å². The Labute approximate surface area is 136 Å². The minimum Gasteiger partial charge on any atom is -0.367 e. The van der Waals surface area contributed by atoms with Gasteiger partial charge in [0.25, 0.3) is 0 Å². The molecule has 1 saturated carbocycles. The molecule has 2 aromatic heterocycles. The van der Waals surface area contributed by atoms with E-state index in [1.54, 1.807) is 6.33 Å². The van der Waals surface area contributed by atoms with Crippen LogP contribution < -0.4 is 5.32 Å². The van der Waals surface area contributed by atoms with Crippen LogP contribution in [0.3, 0.4) is 0 Å². The van der Waals surface area contributed by atoms with E-state index in [0.717, 1.165) is 38.3 Å². The fourth-order valence-corrected chi connectivity index (χ4v) is 3.41. The highest BCUT2D eigenvalue weighted by Gasteiger charge is 2.22. The molecule has 1 N–H and O–H groups in total. The van der Waals surface area contributed by atoms with Crippen molar-refractivity contribution in [1.29, 1.82) is 0 Å². The van der Waals surface area contributed by atoms with Crippen LogP contribution in [-0.2, 0) is 26.4 Å². The average molecular weight is 312 g/mol. The van der Waals surface area contributed by atoms with E-state index in [2.05, 4.69) is 31.5 Å². The minimum atomic E-state index is 0.615. The predicted octanol–water partition coefficient (Wildman–Crippen LogP) is 1.78. The second kappa shape index (κ2) is 6.28. The molecule has 122 valence electrons. The molecule has 0 aromatic carbocycles. The lowest BCUT2D eigenvalue weighted by molar-refractivity contribution is 0.279. The fraction of sp³-hybridized carbons (Fsp3) is 0.588. The predicted molar refractivity (Wildman–Crippen MR) is 89.2 cm³/mol. The number of aryl methyl sites for hydroxylation is 1. The van der Waals surface area contributed by atoms with E-state index < -0.39 is 0 Å². The van der Waals surface area contributed by atoms with Crippen LogP contribution in [0.5, 0.6) is 0 Å². The van der Waals surface area contributed by atoms with Crippen LogP contribution in [0.25, 0.3) is 0 Å². The van der Waals surface area contributed by atoms with Crippen LogP contribution in [0.1, 0.15) is 36.1 Å². The van der Waals surface area contributed by atoms with Crippen molar-refractivity contribution in [1.82, 2.24) is 24.6 Å². The van der Waals surface area contributed by atoms with Crippen LogP contribution in [-0.4, -0.2) is 43.8 Å². The maximum atomic E-state index is 4.54. The van der Waals surface area contributed by atoms with E-state index in [4.69, 9.17) is 0 Å². The van der Waals surface area contributed by atoms with Gasteiger partial charge in [0.05, 0.1) is 11.9 Å². The third-order valence-corrected chi connectivity index (χ3v) is 4.99. The van der Waals surface area contributed by atoms with Crippen LogP contribution in [0.4, 0.5) is 5.82 Å². The SMILES string of the molecule is Cn1cc(CN2CCc3ncnc(NC4CCC4)c3CC2)cn1. The van der Waals surface area contributed by atoms with E-state index in [1.807, 2.05) is 17.9 Å². The first-order valence-corrected chi connectivity index (χ1v) is 8.57. The molecule has 2 aromatic rings. The van der Waals surface area contributed by atoms with Crippen LogP contribution in [0, 0.1) is 0 Å². The molecule has 23 heavy (non-hydrogen) atoms. The smallest absolute Gasteiger partial charge is 0.133 e. The second-order valence-electron chi connectivity index (χ2n) is 6.72. The molecule has 0 bridgehead atoms. The van der Waals surface area contributed by atoms with E-state index in [0.29, 0.717) is 6.04 Å². The number of aromatic nitrogens is 4. The number of anilines is 1. The fourth-order valence-electron chi connectivity index (χ4n) is 3.41. The van der Waals surface area contributed by atoms with Crippen molar-refractivity contribution in [3.05, 3.63) is 35.5 Å². The van der Waals surface area contributed by atoms with Crippen molar-refractivity contribution in [2.45, 2.75) is 44.7 Å². The summed E-state index contributed by atoms with van der Waals surface area (Å²) in [6.45, 7) is 3.05. The monoisotopic (exact) mass is 312 g/mol. The number of nitrogens with one attached hydrogen (secondary N) is 1. The summed E-state index contributed by atoms with van der Waals surface area (Å²) < 4.78 is 1.87. The quantitative estimate of drug-likeness (QED) is 0.932. The molecule has 0 saturated heterocycles. The molecular weight excluding hydrogens is 288 g/mol. The molecule has 4 rings (SSSR count). The zero-order valence-corrected chi connectivity index (χ0v) is 13.7. The average Bonchev–Trinajstić information content (AvgIpc) is 2.79. The molecule has 3 heterocycles. The summed E-state index contributed by atoms with van der Waals surface area (Å²) in [7, 11) is 1.97. The zero-order chi connectivity index (χ0) is 15.6. The minimum absolute atomic E-state index is 0.615. The van der Waals surface area contributed by atoms with Crippen molar-refractivity contribution in [3.8, 4) is 0 Å². The number of nitrogens with zero attached hydrogens (tertiary/aromatic N) is 5. The van der Waals surface area contributed by atoms with Gasteiger partial charge in [0.2, 0.25) is 0 Å². The third kappa shape index (κ3) is 3.22. The maximum Gasteiger partial charge on any atom is 0.133 e. The van der Waals surface area contributed by atoms with Gasteiger partial charge in [-0.25, -0.2) is 9.97 Å². The first-order chi connectivity index (χ1) is 11.3. The Morgan fingerprint density at radius 3 is 2.83 bits per heavy atom. The van der Waals surface area contributed by atoms with E-state index in [1.165, 1.54) is 36.1 Å². The van der Waals surface area contributed by atoms with Gasteiger partial charge in [0, 0.05) is 56.5 Å². The second-order valence-corrected chi connectivity index (χ2v) is 6.72. The van der Waals surface area contributed by atoms with Crippen molar-refractivity contribution >= 4 is 5.82 Å². The molecule has 0 unspecified atom stereocenters. The van der Waals surface area contributed by atoms with E-state index in [9.17, 15) is 0 Å². The van der Waals surface area contributed by atoms with Gasteiger partial charge < -0.3 is 5.32 Å². The van der Waals surface area contributed by atoms with E-state index in [-0.39, 0.29) is 0 Å². The Hall–Kier alpha value is -1.95. The molecule has 0 atom stereocenters. The Balaban J connectivity index is 1.46. The Morgan fingerprint density at radius 1 is 1.22 bits per heavy atom. The highest BCUT2D eigenvalue weighted by molar-refractivity contribution is 5.47. The lowest BCUT2D eigenvalue weighted by atomic mass is 9.93. The Morgan fingerprint density at radius 2 is 2.09 bits per heavy atom. The van der Waals surface area contributed by atoms with Gasteiger partial charge in [-0.3, -0.25) is 9.58 Å². The molecule has 6 nitrogen and oxygen atoms in total. The van der Waals surface area contributed by atoms with Gasteiger partial charge >= 0.3 is 0 Å². The summed E-state index contributed by atoms with van der Waals surface area (Å²) in [5.74, 6) is 1.07. The maximum absolute atomic E-state index is 4.54. The van der Waals surface area contributed by atoms with Gasteiger partial charge in [-0.05, 0) is 25.7 Å². The molecule has 1 fully saturated rings. The van der Waals surface area contributed by atoms with Crippen molar-refractivity contribution in [3.63, 3.8) is 0 Å². The molecule has 0 spiro atoms. The Kier molecular flexibility index (Phi) is 3.99.